The second-order valence-electron chi connectivity index (χ2n) is 3.87. The predicted molar refractivity (Wildman–Crippen MR) is 71.3 cm³/mol. The second-order valence-corrected chi connectivity index (χ2v) is 3.87. The Morgan fingerprint density at radius 3 is 2.71 bits per heavy atom. The molecule has 1 aliphatic heterocycles. The topological polar surface area (TPSA) is 24.9 Å². The summed E-state index contributed by atoms with van der Waals surface area (Å²) in [6.45, 7) is 0. The summed E-state index contributed by atoms with van der Waals surface area (Å²) in [6, 6.07) is 14.1. The van der Waals surface area contributed by atoms with E-state index in [1.165, 1.54) is 5.56 Å². The highest BCUT2D eigenvalue weighted by Gasteiger charge is 2.06. The molecule has 0 spiro atoms. The molecule has 0 unspecified atom stereocenters. The van der Waals surface area contributed by atoms with Crippen LogP contribution in [0.15, 0.2) is 60.8 Å². The fourth-order valence-electron chi connectivity index (χ4n) is 1.86. The molecule has 0 saturated heterocycles. The summed E-state index contributed by atoms with van der Waals surface area (Å²) in [4.78, 5) is 4.35. The molecule has 0 atom stereocenters. The standard InChI is InChI=1S/C15H12N2/c1-2-8-13-12(6-1)7-5-10-15(17-13)14-9-3-4-11-16-14/h1-11,17H. The van der Waals surface area contributed by atoms with E-state index in [1.807, 2.05) is 42.5 Å². The molecular weight excluding hydrogens is 208 g/mol. The van der Waals surface area contributed by atoms with Crippen LogP contribution in [0.3, 0.4) is 0 Å². The van der Waals surface area contributed by atoms with Crippen molar-refractivity contribution >= 4 is 17.5 Å². The van der Waals surface area contributed by atoms with Crippen LogP contribution in [0.5, 0.6) is 0 Å². The number of fused-ring (bicyclic) bond motifs is 1. The molecule has 1 aliphatic rings. The zero-order valence-electron chi connectivity index (χ0n) is 9.30. The van der Waals surface area contributed by atoms with Crippen molar-refractivity contribution in [2.45, 2.75) is 0 Å². The minimum absolute atomic E-state index is 0.953. The van der Waals surface area contributed by atoms with Crippen LogP contribution in [-0.4, -0.2) is 4.98 Å². The number of hydrogen-bond acceptors (Lipinski definition) is 2. The van der Waals surface area contributed by atoms with E-state index in [4.69, 9.17) is 0 Å². The van der Waals surface area contributed by atoms with Crippen LogP contribution < -0.4 is 5.32 Å². The number of nitrogens with zero attached hydrogens (tertiary/aromatic N) is 1. The molecule has 1 aromatic heterocycles. The summed E-state index contributed by atoms with van der Waals surface area (Å²) in [5, 5.41) is 3.41. The van der Waals surface area contributed by atoms with E-state index < -0.39 is 0 Å². The number of anilines is 1. The van der Waals surface area contributed by atoms with Gasteiger partial charge >= 0.3 is 0 Å². The Balaban J connectivity index is 2.02. The minimum Gasteiger partial charge on any atom is -0.353 e. The lowest BCUT2D eigenvalue weighted by Gasteiger charge is -2.10. The van der Waals surface area contributed by atoms with Gasteiger partial charge in [-0.25, -0.2) is 0 Å². The van der Waals surface area contributed by atoms with Crippen molar-refractivity contribution in [3.8, 4) is 0 Å². The highest BCUT2D eigenvalue weighted by atomic mass is 14.9. The van der Waals surface area contributed by atoms with Crippen LogP contribution in [0, 0.1) is 0 Å². The van der Waals surface area contributed by atoms with E-state index in [0.717, 1.165) is 17.1 Å². The zero-order valence-corrected chi connectivity index (χ0v) is 9.30. The molecule has 1 aromatic carbocycles. The summed E-state index contributed by atoms with van der Waals surface area (Å²) >= 11 is 0. The van der Waals surface area contributed by atoms with Crippen LogP contribution in [0.25, 0.3) is 11.8 Å². The van der Waals surface area contributed by atoms with Crippen LogP contribution >= 0.6 is 0 Å². The van der Waals surface area contributed by atoms with E-state index in [2.05, 4.69) is 28.5 Å². The molecule has 0 saturated carbocycles. The van der Waals surface area contributed by atoms with Gasteiger partial charge in [0.15, 0.2) is 0 Å². The van der Waals surface area contributed by atoms with Crippen LogP contribution in [0.4, 0.5) is 5.69 Å². The third kappa shape index (κ3) is 1.97. The molecule has 0 radical (unpaired) electrons. The summed E-state index contributed by atoms with van der Waals surface area (Å²) < 4.78 is 0. The number of nitrogens with one attached hydrogen (secondary N) is 1. The lowest BCUT2D eigenvalue weighted by Crippen LogP contribution is -2.00. The van der Waals surface area contributed by atoms with Crippen molar-refractivity contribution in [1.29, 1.82) is 0 Å². The second kappa shape index (κ2) is 4.26. The molecule has 3 rings (SSSR count). The first-order chi connectivity index (χ1) is 8.43. The lowest BCUT2D eigenvalue weighted by molar-refractivity contribution is 1.27. The molecule has 2 heteroatoms. The summed E-state index contributed by atoms with van der Waals surface area (Å²) in [6.07, 6.45) is 7.99. The van der Waals surface area contributed by atoms with Gasteiger partial charge in [0.1, 0.15) is 0 Å². The summed E-state index contributed by atoms with van der Waals surface area (Å²) in [5.74, 6) is 0. The maximum absolute atomic E-state index is 4.35. The quantitative estimate of drug-likeness (QED) is 0.794. The number of hydrogen-bond donors (Lipinski definition) is 1. The smallest absolute Gasteiger partial charge is 0.0864 e. The number of para-hydroxylation sites is 1. The predicted octanol–water partition coefficient (Wildman–Crippen LogP) is 3.56. The Labute approximate surface area is 100 Å². The number of allylic oxidation sites excluding steroid dienone is 2. The highest BCUT2D eigenvalue weighted by molar-refractivity contribution is 5.83. The number of rotatable bonds is 1. The van der Waals surface area contributed by atoms with E-state index in [-0.39, 0.29) is 0 Å². The van der Waals surface area contributed by atoms with E-state index in [9.17, 15) is 0 Å². The average Bonchev–Trinajstić information content (AvgIpc) is 2.62. The molecule has 2 heterocycles. The Morgan fingerprint density at radius 1 is 0.941 bits per heavy atom. The van der Waals surface area contributed by atoms with Gasteiger partial charge in [-0.3, -0.25) is 4.98 Å². The zero-order chi connectivity index (χ0) is 11.5. The van der Waals surface area contributed by atoms with Gasteiger partial charge in [0.2, 0.25) is 0 Å². The largest absolute Gasteiger partial charge is 0.353 e. The molecule has 2 nitrogen and oxygen atoms in total. The van der Waals surface area contributed by atoms with Crippen molar-refractivity contribution in [2.24, 2.45) is 0 Å². The van der Waals surface area contributed by atoms with Gasteiger partial charge in [0.05, 0.1) is 11.4 Å². The highest BCUT2D eigenvalue weighted by Crippen LogP contribution is 2.24. The van der Waals surface area contributed by atoms with Gasteiger partial charge < -0.3 is 5.32 Å². The van der Waals surface area contributed by atoms with Gasteiger partial charge in [0, 0.05) is 11.9 Å². The van der Waals surface area contributed by atoms with E-state index >= 15 is 0 Å². The molecule has 0 bridgehead atoms. The number of aromatic nitrogens is 1. The van der Waals surface area contributed by atoms with Crippen LogP contribution in [-0.2, 0) is 0 Å². The van der Waals surface area contributed by atoms with E-state index in [0.29, 0.717) is 0 Å². The van der Waals surface area contributed by atoms with Crippen molar-refractivity contribution in [1.82, 2.24) is 4.98 Å². The molecule has 1 N–H and O–H groups in total. The van der Waals surface area contributed by atoms with Gasteiger partial charge in [-0.1, -0.05) is 36.4 Å². The Bertz CT molecular complexity index is 583. The van der Waals surface area contributed by atoms with Crippen LogP contribution in [0.2, 0.25) is 0 Å². The molecule has 17 heavy (non-hydrogen) atoms. The first kappa shape index (κ1) is 9.85. The molecule has 2 aromatic rings. The number of pyridine rings is 1. The molecular formula is C15H12N2. The Hall–Kier alpha value is -2.35. The fourth-order valence-corrected chi connectivity index (χ4v) is 1.86. The summed E-state index contributed by atoms with van der Waals surface area (Å²) in [5.41, 5.74) is 4.27. The third-order valence-electron chi connectivity index (χ3n) is 2.71. The first-order valence-electron chi connectivity index (χ1n) is 5.59. The van der Waals surface area contributed by atoms with Gasteiger partial charge in [0.25, 0.3) is 0 Å². The lowest BCUT2D eigenvalue weighted by atomic mass is 10.2. The van der Waals surface area contributed by atoms with Crippen molar-refractivity contribution < 1.29 is 0 Å². The van der Waals surface area contributed by atoms with Crippen molar-refractivity contribution in [3.05, 3.63) is 72.1 Å². The Kier molecular flexibility index (Phi) is 2.47. The molecule has 0 fully saturated rings. The molecule has 0 amide bonds. The van der Waals surface area contributed by atoms with Gasteiger partial charge in [-0.2, -0.15) is 0 Å². The van der Waals surface area contributed by atoms with Gasteiger partial charge in [-0.05, 0) is 29.8 Å². The monoisotopic (exact) mass is 220 g/mol. The summed E-state index contributed by atoms with van der Waals surface area (Å²) in [7, 11) is 0. The number of benzene rings is 1. The fraction of sp³-hybridized carbons (Fsp3) is 0. The van der Waals surface area contributed by atoms with E-state index in [1.54, 1.807) is 6.20 Å². The minimum atomic E-state index is 0.953. The SMILES string of the molecule is C1=Cc2ccccc2NC(c2ccccn2)=C1. The van der Waals surface area contributed by atoms with Gasteiger partial charge in [-0.15, -0.1) is 0 Å². The average molecular weight is 220 g/mol. The Morgan fingerprint density at radius 2 is 1.82 bits per heavy atom. The molecule has 0 aliphatic carbocycles. The van der Waals surface area contributed by atoms with Crippen molar-refractivity contribution in [2.75, 3.05) is 5.32 Å². The maximum atomic E-state index is 4.35. The normalized spacial score (nSPS) is 13.3. The third-order valence-corrected chi connectivity index (χ3v) is 2.71. The van der Waals surface area contributed by atoms with Crippen LogP contribution in [0.1, 0.15) is 11.3 Å². The van der Waals surface area contributed by atoms with Crippen molar-refractivity contribution in [3.63, 3.8) is 0 Å². The maximum Gasteiger partial charge on any atom is 0.0864 e. The first-order valence-corrected chi connectivity index (χ1v) is 5.59. The molecule has 82 valence electrons.